The third-order valence-electron chi connectivity index (χ3n) is 3.51. The predicted molar refractivity (Wildman–Crippen MR) is 76.8 cm³/mol. The van der Waals surface area contributed by atoms with Crippen LogP contribution in [-0.4, -0.2) is 27.8 Å². The molecule has 3 rings (SSSR count). The molecule has 1 aliphatic rings. The zero-order valence-electron chi connectivity index (χ0n) is 11.0. The first-order chi connectivity index (χ1) is 9.79. The summed E-state index contributed by atoms with van der Waals surface area (Å²) in [7, 11) is 0. The maximum atomic E-state index is 12.4. The number of amides is 1. The fourth-order valence-electron chi connectivity index (χ4n) is 2.30. The van der Waals surface area contributed by atoms with Gasteiger partial charge in [0.15, 0.2) is 0 Å². The van der Waals surface area contributed by atoms with Crippen molar-refractivity contribution in [3.8, 4) is 0 Å². The fraction of sp³-hybridized carbons (Fsp3) is 0.429. The molecule has 0 aromatic carbocycles. The van der Waals surface area contributed by atoms with Gasteiger partial charge in [0.2, 0.25) is 0 Å². The molecule has 3 N–H and O–H groups in total. The highest BCUT2D eigenvalue weighted by Gasteiger charge is 2.30. The molecule has 5 nitrogen and oxygen atoms in total. The Bertz CT molecular complexity index is 575. The van der Waals surface area contributed by atoms with E-state index in [9.17, 15) is 4.79 Å². The van der Waals surface area contributed by atoms with Crippen LogP contribution in [0.1, 0.15) is 52.2 Å². The Balaban J connectivity index is 1.74. The molecular weight excluding hydrogens is 274 g/mol. The Labute approximate surface area is 121 Å². The van der Waals surface area contributed by atoms with Crippen LogP contribution in [0.5, 0.6) is 0 Å². The summed E-state index contributed by atoms with van der Waals surface area (Å²) in [4.78, 5) is 13.5. The van der Waals surface area contributed by atoms with Crippen molar-refractivity contribution in [1.82, 2.24) is 15.5 Å². The maximum Gasteiger partial charge on any atom is 0.255 e. The van der Waals surface area contributed by atoms with E-state index in [1.165, 1.54) is 0 Å². The van der Waals surface area contributed by atoms with Gasteiger partial charge in [-0.15, -0.1) is 11.3 Å². The minimum Gasteiger partial charge on any atom is -0.396 e. The Morgan fingerprint density at radius 1 is 1.60 bits per heavy atom. The lowest BCUT2D eigenvalue weighted by molar-refractivity contribution is 0.0930. The van der Waals surface area contributed by atoms with Crippen molar-refractivity contribution in [2.24, 2.45) is 0 Å². The third-order valence-corrected chi connectivity index (χ3v) is 4.49. The number of carbonyl (C=O) groups excluding carboxylic acids is 1. The van der Waals surface area contributed by atoms with Crippen molar-refractivity contribution in [1.29, 1.82) is 0 Å². The second-order valence-electron chi connectivity index (χ2n) is 5.03. The van der Waals surface area contributed by atoms with E-state index in [0.717, 1.165) is 23.4 Å². The number of nitrogens with zero attached hydrogens (tertiary/aromatic N) is 1. The Morgan fingerprint density at radius 2 is 2.45 bits per heavy atom. The number of thiophene rings is 1. The van der Waals surface area contributed by atoms with Crippen LogP contribution >= 0.6 is 11.3 Å². The van der Waals surface area contributed by atoms with E-state index in [4.69, 9.17) is 5.11 Å². The lowest BCUT2D eigenvalue weighted by Gasteiger charge is -2.16. The van der Waals surface area contributed by atoms with Crippen LogP contribution in [0.15, 0.2) is 23.7 Å². The van der Waals surface area contributed by atoms with Gasteiger partial charge in [0, 0.05) is 17.4 Å². The van der Waals surface area contributed by atoms with Crippen LogP contribution in [0.25, 0.3) is 0 Å². The summed E-state index contributed by atoms with van der Waals surface area (Å²) in [5.74, 6) is 0.337. The van der Waals surface area contributed by atoms with Crippen molar-refractivity contribution < 1.29 is 9.90 Å². The van der Waals surface area contributed by atoms with Gasteiger partial charge in [-0.25, -0.2) is 0 Å². The summed E-state index contributed by atoms with van der Waals surface area (Å²) < 4.78 is 0. The van der Waals surface area contributed by atoms with Crippen LogP contribution < -0.4 is 5.32 Å². The van der Waals surface area contributed by atoms with Gasteiger partial charge in [-0.05, 0) is 30.7 Å². The lowest BCUT2D eigenvalue weighted by atomic mass is 10.1. The largest absolute Gasteiger partial charge is 0.396 e. The predicted octanol–water partition coefficient (Wildman–Crippen LogP) is 2.20. The van der Waals surface area contributed by atoms with Gasteiger partial charge < -0.3 is 10.4 Å². The molecule has 1 aliphatic carbocycles. The van der Waals surface area contributed by atoms with Gasteiger partial charge in [0.1, 0.15) is 0 Å². The molecule has 0 bridgehead atoms. The number of nitrogens with one attached hydrogen (secondary N) is 2. The molecule has 0 spiro atoms. The van der Waals surface area contributed by atoms with Gasteiger partial charge in [-0.1, -0.05) is 6.07 Å². The lowest BCUT2D eigenvalue weighted by Crippen LogP contribution is -2.29. The molecule has 20 heavy (non-hydrogen) atoms. The molecule has 0 aliphatic heterocycles. The van der Waals surface area contributed by atoms with Gasteiger partial charge in [-0.3, -0.25) is 9.89 Å². The number of aromatic amines is 1. The monoisotopic (exact) mass is 291 g/mol. The summed E-state index contributed by atoms with van der Waals surface area (Å²) in [6.07, 6.45) is 4.34. The summed E-state index contributed by atoms with van der Waals surface area (Å²) in [5.41, 5.74) is 1.57. The molecule has 2 heterocycles. The average Bonchev–Trinajstić information content (AvgIpc) is 2.96. The maximum absolute atomic E-state index is 12.4. The van der Waals surface area contributed by atoms with E-state index >= 15 is 0 Å². The quantitative estimate of drug-likeness (QED) is 0.763. The van der Waals surface area contributed by atoms with E-state index in [2.05, 4.69) is 15.5 Å². The molecule has 2 aromatic rings. The number of aliphatic hydroxyl groups excluding tert-OH is 1. The number of hydrogen-bond acceptors (Lipinski definition) is 4. The van der Waals surface area contributed by atoms with Crippen molar-refractivity contribution in [2.45, 2.75) is 31.2 Å². The highest BCUT2D eigenvalue weighted by Crippen LogP contribution is 2.40. The number of hydrogen-bond donors (Lipinski definition) is 3. The zero-order valence-corrected chi connectivity index (χ0v) is 11.8. The van der Waals surface area contributed by atoms with Crippen LogP contribution in [0.4, 0.5) is 0 Å². The minimum absolute atomic E-state index is 0.0454. The molecule has 1 atom stereocenters. The van der Waals surface area contributed by atoms with Crippen LogP contribution in [0.3, 0.4) is 0 Å². The molecule has 2 aromatic heterocycles. The van der Waals surface area contributed by atoms with Crippen molar-refractivity contribution in [3.63, 3.8) is 0 Å². The summed E-state index contributed by atoms with van der Waals surface area (Å²) >= 11 is 1.58. The second kappa shape index (κ2) is 5.76. The molecule has 1 unspecified atom stereocenters. The Kier molecular flexibility index (Phi) is 3.84. The number of aromatic nitrogens is 2. The highest BCUT2D eigenvalue weighted by molar-refractivity contribution is 7.10. The third kappa shape index (κ3) is 2.76. The molecule has 1 fully saturated rings. The SMILES string of the molecule is O=C(NC(CCO)c1cccs1)c1cn[nH]c1C1CC1. The van der Waals surface area contributed by atoms with Gasteiger partial charge >= 0.3 is 0 Å². The normalized spacial score (nSPS) is 16.1. The number of carbonyl (C=O) groups is 1. The molecule has 106 valence electrons. The smallest absolute Gasteiger partial charge is 0.255 e. The molecule has 0 saturated heterocycles. The van der Waals surface area contributed by atoms with E-state index in [1.54, 1.807) is 17.5 Å². The highest BCUT2D eigenvalue weighted by atomic mass is 32.1. The van der Waals surface area contributed by atoms with Gasteiger partial charge in [0.25, 0.3) is 5.91 Å². The molecular formula is C14H17N3O2S. The summed E-state index contributed by atoms with van der Waals surface area (Å²) in [6, 6.07) is 3.78. The minimum atomic E-state index is -0.144. The first-order valence-corrected chi connectivity index (χ1v) is 7.66. The van der Waals surface area contributed by atoms with Crippen LogP contribution in [0, 0.1) is 0 Å². The summed E-state index contributed by atoms with van der Waals surface area (Å²) in [6.45, 7) is 0.0454. The van der Waals surface area contributed by atoms with Crippen molar-refractivity contribution >= 4 is 17.2 Å². The summed E-state index contributed by atoms with van der Waals surface area (Å²) in [5, 5.41) is 21.1. The average molecular weight is 291 g/mol. The van der Waals surface area contributed by atoms with Gasteiger partial charge in [0.05, 0.1) is 23.5 Å². The van der Waals surface area contributed by atoms with Crippen molar-refractivity contribution in [3.05, 3.63) is 39.8 Å². The zero-order chi connectivity index (χ0) is 13.9. The standard InChI is InChI=1S/C14H17N3O2S/c18-6-5-11(12-2-1-7-20-12)16-14(19)10-8-15-17-13(10)9-3-4-9/h1-2,7-9,11,18H,3-6H2,(H,15,17)(H,16,19). The molecule has 1 saturated carbocycles. The molecule has 0 radical (unpaired) electrons. The fourth-order valence-corrected chi connectivity index (χ4v) is 3.11. The van der Waals surface area contributed by atoms with Crippen molar-refractivity contribution in [2.75, 3.05) is 6.61 Å². The van der Waals surface area contributed by atoms with Crippen LogP contribution in [0.2, 0.25) is 0 Å². The van der Waals surface area contributed by atoms with E-state index in [-0.39, 0.29) is 18.6 Å². The second-order valence-corrected chi connectivity index (χ2v) is 6.00. The van der Waals surface area contributed by atoms with Gasteiger partial charge in [-0.2, -0.15) is 5.10 Å². The number of aliphatic hydroxyl groups is 1. The topological polar surface area (TPSA) is 78.0 Å². The van der Waals surface area contributed by atoms with E-state index in [0.29, 0.717) is 17.9 Å². The van der Waals surface area contributed by atoms with E-state index < -0.39 is 0 Å². The first kappa shape index (κ1) is 13.3. The van der Waals surface area contributed by atoms with E-state index in [1.807, 2.05) is 17.5 Å². The molecule has 6 heteroatoms. The Hall–Kier alpha value is -1.66. The van der Waals surface area contributed by atoms with Crippen LogP contribution in [-0.2, 0) is 0 Å². The number of rotatable bonds is 6. The Morgan fingerprint density at radius 3 is 3.10 bits per heavy atom. The number of H-pyrrole nitrogens is 1. The first-order valence-electron chi connectivity index (χ1n) is 6.78. The molecule has 1 amide bonds.